The van der Waals surface area contributed by atoms with Crippen molar-refractivity contribution in [3.8, 4) is 17.6 Å². The molecule has 1 amide bonds. The van der Waals surface area contributed by atoms with Gasteiger partial charge in [0.25, 0.3) is 5.91 Å². The van der Waals surface area contributed by atoms with E-state index in [4.69, 9.17) is 4.74 Å². The zero-order valence-corrected chi connectivity index (χ0v) is 23.7. The maximum atomic E-state index is 14.7. The first-order chi connectivity index (χ1) is 19.9. The van der Waals surface area contributed by atoms with Crippen LogP contribution in [0, 0.1) is 11.8 Å². The van der Waals surface area contributed by atoms with E-state index in [-0.39, 0.29) is 31.2 Å². The summed E-state index contributed by atoms with van der Waals surface area (Å²) < 4.78 is 61.8. The van der Waals surface area contributed by atoms with E-state index < -0.39 is 31.0 Å². The van der Waals surface area contributed by atoms with Crippen LogP contribution in [0.4, 0.5) is 28.9 Å². The lowest BCUT2D eigenvalue weighted by Crippen LogP contribution is -2.46. The molecule has 0 bridgehead atoms. The van der Waals surface area contributed by atoms with Crippen molar-refractivity contribution >= 4 is 28.2 Å². The summed E-state index contributed by atoms with van der Waals surface area (Å²) in [6, 6.07) is 10.9. The fourth-order valence-corrected chi connectivity index (χ4v) is 4.88. The van der Waals surface area contributed by atoms with Crippen molar-refractivity contribution in [1.82, 2.24) is 14.8 Å². The molecule has 226 valence electrons. The van der Waals surface area contributed by atoms with E-state index in [1.807, 2.05) is 11.9 Å². The number of halogens is 4. The number of rotatable bonds is 9. The summed E-state index contributed by atoms with van der Waals surface area (Å²) in [6.07, 6.45) is -5.69. The van der Waals surface area contributed by atoms with Gasteiger partial charge in [-0.05, 0) is 62.7 Å². The van der Waals surface area contributed by atoms with Crippen LogP contribution in [0.2, 0.25) is 0 Å². The molecule has 1 aliphatic heterocycles. The molecule has 12 heteroatoms. The number of ether oxygens (including phenoxy) is 1. The molecule has 0 saturated carbocycles. The van der Waals surface area contributed by atoms with E-state index in [1.165, 1.54) is 13.2 Å². The van der Waals surface area contributed by atoms with Gasteiger partial charge in [0.1, 0.15) is 18.5 Å². The summed E-state index contributed by atoms with van der Waals surface area (Å²) in [6.45, 7) is 1.54. The fraction of sp³-hybridized carbons (Fsp3) is 0.433. The highest BCUT2D eigenvalue weighted by Crippen LogP contribution is 2.32. The second-order valence-electron chi connectivity index (χ2n) is 10.4. The lowest BCUT2D eigenvalue weighted by molar-refractivity contribution is -0.140. The van der Waals surface area contributed by atoms with Crippen molar-refractivity contribution in [3.63, 3.8) is 0 Å². The zero-order chi connectivity index (χ0) is 30.4. The summed E-state index contributed by atoms with van der Waals surface area (Å²) in [5.41, 5.74) is 1.97. The van der Waals surface area contributed by atoms with Crippen LogP contribution in [0.1, 0.15) is 29.4 Å². The molecule has 1 aromatic heterocycles. The third-order valence-corrected chi connectivity index (χ3v) is 6.97. The van der Waals surface area contributed by atoms with Crippen molar-refractivity contribution in [3.05, 3.63) is 53.7 Å². The smallest absolute Gasteiger partial charge is 0.406 e. The second-order valence-corrected chi connectivity index (χ2v) is 10.4. The number of anilines is 2. The van der Waals surface area contributed by atoms with Gasteiger partial charge in [0.2, 0.25) is 0 Å². The molecule has 0 radical (unpaired) electrons. The molecule has 1 aliphatic rings. The number of aliphatic hydroxyl groups excluding tert-OH is 1. The fourth-order valence-electron chi connectivity index (χ4n) is 4.88. The minimum atomic E-state index is -4.47. The van der Waals surface area contributed by atoms with Crippen LogP contribution in [0.3, 0.4) is 0 Å². The Labute approximate surface area is 242 Å². The largest absolute Gasteiger partial charge is 0.495 e. The van der Waals surface area contributed by atoms with Gasteiger partial charge in [0.05, 0.1) is 42.7 Å². The molecular weight excluding hydrogens is 554 g/mol. The number of fused-ring (bicyclic) bond motifs is 1. The van der Waals surface area contributed by atoms with Crippen molar-refractivity contribution in [2.45, 2.75) is 44.4 Å². The number of likely N-dealkylation sites (tertiary alicyclic amines) is 1. The van der Waals surface area contributed by atoms with Gasteiger partial charge in [-0.15, -0.1) is 0 Å². The van der Waals surface area contributed by atoms with Crippen molar-refractivity contribution in [2.75, 3.05) is 51.0 Å². The Kier molecular flexibility index (Phi) is 9.85. The Hall–Kier alpha value is -3.95. The Balaban J connectivity index is 1.54. The number of carbonyl (C=O) groups excluding carboxylic acids is 1. The summed E-state index contributed by atoms with van der Waals surface area (Å²) in [7, 11) is 3.30. The Morgan fingerprint density at radius 2 is 2.00 bits per heavy atom. The number of piperidine rings is 1. The molecule has 0 aliphatic carbocycles. The molecule has 1 fully saturated rings. The van der Waals surface area contributed by atoms with E-state index in [2.05, 4.69) is 27.8 Å². The number of hydrogen-bond acceptors (Lipinski definition) is 6. The molecule has 42 heavy (non-hydrogen) atoms. The van der Waals surface area contributed by atoms with Gasteiger partial charge in [-0.3, -0.25) is 4.79 Å². The van der Waals surface area contributed by atoms with Gasteiger partial charge in [0, 0.05) is 36.3 Å². The van der Waals surface area contributed by atoms with Crippen LogP contribution in [0.25, 0.3) is 10.9 Å². The molecule has 4 rings (SSSR count). The van der Waals surface area contributed by atoms with Crippen LogP contribution in [-0.4, -0.2) is 85.3 Å². The van der Waals surface area contributed by atoms with Crippen LogP contribution in [0.5, 0.6) is 5.75 Å². The normalized spacial score (nSPS) is 18.2. The maximum absolute atomic E-state index is 14.7. The number of alkyl halides is 4. The number of amides is 1. The average Bonchev–Trinajstić information content (AvgIpc) is 3.27. The first-order valence-electron chi connectivity index (χ1n) is 13.6. The number of nitrogens with one attached hydrogen (secondary N) is 3. The summed E-state index contributed by atoms with van der Waals surface area (Å²) >= 11 is 0. The number of methoxy groups -OCH3 is 1. The molecule has 2 heterocycles. The molecule has 2 aromatic carbocycles. The molecule has 1 unspecified atom stereocenters. The maximum Gasteiger partial charge on any atom is 0.406 e. The molecular formula is C30H35F4N5O3. The lowest BCUT2D eigenvalue weighted by atomic mass is 10.0. The monoisotopic (exact) mass is 589 g/mol. The van der Waals surface area contributed by atoms with Gasteiger partial charge >= 0.3 is 6.18 Å². The third kappa shape index (κ3) is 7.86. The predicted octanol–water partition coefficient (Wildman–Crippen LogP) is 4.24. The minimum Gasteiger partial charge on any atom is -0.495 e. The van der Waals surface area contributed by atoms with Crippen LogP contribution >= 0.6 is 0 Å². The standard InChI is InChI=1S/C30H35F4N5O3/c1-19(40)16-36-29(41)20-9-10-26(28(14-20)42-3)35-12-5-6-21-15-22-24(37-25-11-13-38(2)17-23(25)31)7-4-8-27(22)39(21)18-30(32,33)34/h4,7-10,14-15,19,23,25,35,37,40H,11-13,16-18H2,1-3H3,(H,36,41)/t19?,23-,25+/m0/s1. The first-order valence-corrected chi connectivity index (χ1v) is 13.6. The van der Waals surface area contributed by atoms with Gasteiger partial charge < -0.3 is 35.3 Å². The number of aromatic nitrogens is 1. The quantitative estimate of drug-likeness (QED) is 0.221. The van der Waals surface area contributed by atoms with Crippen LogP contribution < -0.4 is 20.7 Å². The first kappa shape index (κ1) is 31.0. The van der Waals surface area contributed by atoms with E-state index in [9.17, 15) is 27.5 Å². The number of aliphatic hydroxyl groups is 1. The van der Waals surface area contributed by atoms with E-state index in [1.54, 1.807) is 43.3 Å². The summed E-state index contributed by atoms with van der Waals surface area (Å²) in [5, 5.41) is 18.8. The van der Waals surface area contributed by atoms with E-state index in [0.717, 1.165) is 11.1 Å². The topological polar surface area (TPSA) is 90.8 Å². The van der Waals surface area contributed by atoms with Gasteiger partial charge in [-0.25, -0.2) is 4.39 Å². The third-order valence-electron chi connectivity index (χ3n) is 6.97. The highest BCUT2D eigenvalue weighted by molar-refractivity contribution is 5.95. The predicted molar refractivity (Wildman–Crippen MR) is 155 cm³/mol. The van der Waals surface area contributed by atoms with Crippen LogP contribution in [0.15, 0.2) is 42.5 Å². The zero-order valence-electron chi connectivity index (χ0n) is 23.7. The average molecular weight is 590 g/mol. The highest BCUT2D eigenvalue weighted by atomic mass is 19.4. The Morgan fingerprint density at radius 1 is 1.21 bits per heavy atom. The highest BCUT2D eigenvalue weighted by Gasteiger charge is 2.31. The van der Waals surface area contributed by atoms with Crippen LogP contribution in [-0.2, 0) is 6.54 Å². The number of hydrogen-bond donors (Lipinski definition) is 4. The molecule has 4 N–H and O–H groups in total. The molecule has 0 spiro atoms. The SMILES string of the molecule is COc1cc(C(=O)NCC(C)O)ccc1NCC#Cc1cc2c(N[C@@H]3CCN(C)C[C@@H]3F)cccc2n1CC(F)(F)F. The summed E-state index contributed by atoms with van der Waals surface area (Å²) in [4.78, 5) is 14.2. The number of carbonyl (C=O) groups is 1. The Morgan fingerprint density at radius 3 is 2.69 bits per heavy atom. The summed E-state index contributed by atoms with van der Waals surface area (Å²) in [5.74, 6) is 5.73. The van der Waals surface area contributed by atoms with Crippen molar-refractivity contribution in [2.24, 2.45) is 0 Å². The van der Waals surface area contributed by atoms with Crippen molar-refractivity contribution in [1.29, 1.82) is 0 Å². The second kappa shape index (κ2) is 13.4. The number of nitrogens with zero attached hydrogens (tertiary/aromatic N) is 2. The molecule has 1 saturated heterocycles. The Bertz CT molecular complexity index is 1460. The molecule has 8 nitrogen and oxygen atoms in total. The molecule has 3 atom stereocenters. The van der Waals surface area contributed by atoms with Gasteiger partial charge in [-0.1, -0.05) is 12.0 Å². The minimum absolute atomic E-state index is 0.0850. The van der Waals surface area contributed by atoms with Gasteiger partial charge in [0.15, 0.2) is 0 Å². The van der Waals surface area contributed by atoms with Crippen molar-refractivity contribution < 1.29 is 32.2 Å². The van der Waals surface area contributed by atoms with E-state index >= 15 is 0 Å². The van der Waals surface area contributed by atoms with Gasteiger partial charge in [-0.2, -0.15) is 13.2 Å². The molecule has 3 aromatic rings. The lowest BCUT2D eigenvalue weighted by Gasteiger charge is -2.33. The number of benzene rings is 2. The van der Waals surface area contributed by atoms with E-state index in [0.29, 0.717) is 40.0 Å².